The first-order valence-corrected chi connectivity index (χ1v) is 8.99. The molecule has 0 aliphatic heterocycles. The quantitative estimate of drug-likeness (QED) is 0.546. The third-order valence-electron chi connectivity index (χ3n) is 4.89. The Morgan fingerprint density at radius 3 is 1.90 bits per heavy atom. The molecule has 0 bridgehead atoms. The molecule has 3 aromatic rings. The van der Waals surface area contributed by atoms with Crippen LogP contribution in [0.4, 0.5) is 0 Å². The second-order valence-corrected chi connectivity index (χ2v) is 6.49. The number of nitrogens with zero attached hydrogens (tertiary/aromatic N) is 1. The van der Waals surface area contributed by atoms with Gasteiger partial charge >= 0.3 is 5.97 Å². The van der Waals surface area contributed by atoms with Crippen molar-refractivity contribution in [2.75, 3.05) is 28.4 Å². The molecule has 1 atom stereocenters. The van der Waals surface area contributed by atoms with E-state index < -0.39 is 12.0 Å². The number of ether oxygens (including phenoxy) is 4. The normalized spacial score (nSPS) is 11.4. The van der Waals surface area contributed by atoms with E-state index in [1.54, 1.807) is 46.0 Å². The summed E-state index contributed by atoms with van der Waals surface area (Å²) in [6.07, 6.45) is 1.81. The van der Waals surface area contributed by atoms with Gasteiger partial charge in [0.2, 0.25) is 5.69 Å². The highest BCUT2D eigenvalue weighted by Crippen LogP contribution is 2.35. The fraction of sp³-hybridized carbons (Fsp3) is 0.273. The third-order valence-corrected chi connectivity index (χ3v) is 4.89. The van der Waals surface area contributed by atoms with Crippen LogP contribution in [-0.2, 0) is 4.79 Å². The Labute approximate surface area is 181 Å². The van der Waals surface area contributed by atoms with E-state index in [1.165, 1.54) is 0 Å². The van der Waals surface area contributed by atoms with Gasteiger partial charge in [-0.15, -0.1) is 0 Å². The van der Waals surface area contributed by atoms with Crippen molar-refractivity contribution in [1.29, 1.82) is 0 Å². The molecule has 0 radical (unpaired) electrons. The SMILES string of the molecule is COc1ccc(-c2cc3cc(OC)c(OC)cc3c[n+]2C(C)C(=O)O)cc1OC.[Cl-]. The Morgan fingerprint density at radius 1 is 0.833 bits per heavy atom. The molecule has 1 aromatic heterocycles. The lowest BCUT2D eigenvalue weighted by Gasteiger charge is -2.13. The van der Waals surface area contributed by atoms with Gasteiger partial charge in [-0.2, -0.15) is 4.57 Å². The average molecular weight is 434 g/mol. The number of hydrogen-bond acceptors (Lipinski definition) is 5. The first-order valence-electron chi connectivity index (χ1n) is 8.99. The highest BCUT2D eigenvalue weighted by atomic mass is 35.5. The van der Waals surface area contributed by atoms with E-state index in [2.05, 4.69) is 0 Å². The number of halogens is 1. The van der Waals surface area contributed by atoms with Crippen LogP contribution in [0.3, 0.4) is 0 Å². The van der Waals surface area contributed by atoms with Crippen LogP contribution in [0, 0.1) is 0 Å². The summed E-state index contributed by atoms with van der Waals surface area (Å²) in [6.45, 7) is 1.64. The topological polar surface area (TPSA) is 78.1 Å². The Morgan fingerprint density at radius 2 is 1.37 bits per heavy atom. The Bertz CT molecular complexity index is 1070. The maximum Gasteiger partial charge on any atom is 0.373 e. The highest BCUT2D eigenvalue weighted by Gasteiger charge is 2.27. The molecule has 8 heteroatoms. The Balaban J connectivity index is 0.00000320. The molecule has 7 nitrogen and oxygen atoms in total. The predicted molar refractivity (Wildman–Crippen MR) is 108 cm³/mol. The smallest absolute Gasteiger partial charge is 0.373 e. The first-order chi connectivity index (χ1) is 13.9. The van der Waals surface area contributed by atoms with Crippen LogP contribution in [0.5, 0.6) is 23.0 Å². The zero-order valence-electron chi connectivity index (χ0n) is 17.4. The van der Waals surface area contributed by atoms with Crippen molar-refractivity contribution >= 4 is 16.7 Å². The van der Waals surface area contributed by atoms with Gasteiger partial charge in [-0.1, -0.05) is 0 Å². The Hall–Kier alpha value is -3.19. The fourth-order valence-corrected chi connectivity index (χ4v) is 3.26. The predicted octanol–water partition coefficient (Wildman–Crippen LogP) is 0.478. The van der Waals surface area contributed by atoms with Crippen LogP contribution in [0.15, 0.2) is 42.6 Å². The number of methoxy groups -OCH3 is 4. The van der Waals surface area contributed by atoms with Crippen molar-refractivity contribution in [3.63, 3.8) is 0 Å². The van der Waals surface area contributed by atoms with Gasteiger partial charge in [0.05, 0.1) is 34.0 Å². The number of aliphatic carboxylic acids is 1. The molecule has 1 N–H and O–H groups in total. The molecule has 0 amide bonds. The number of pyridine rings is 1. The molecule has 0 saturated heterocycles. The molecular weight excluding hydrogens is 410 g/mol. The van der Waals surface area contributed by atoms with Gasteiger partial charge in [0, 0.05) is 18.4 Å². The van der Waals surface area contributed by atoms with Gasteiger partial charge in [-0.3, -0.25) is 0 Å². The fourth-order valence-electron chi connectivity index (χ4n) is 3.26. The van der Waals surface area contributed by atoms with E-state index in [4.69, 9.17) is 18.9 Å². The molecule has 2 aromatic carbocycles. The minimum Gasteiger partial charge on any atom is -1.00 e. The number of fused-ring (bicyclic) bond motifs is 1. The van der Waals surface area contributed by atoms with E-state index in [0.29, 0.717) is 23.0 Å². The highest BCUT2D eigenvalue weighted by molar-refractivity contribution is 5.87. The minimum atomic E-state index is -0.934. The summed E-state index contributed by atoms with van der Waals surface area (Å²) >= 11 is 0. The Kier molecular flexibility index (Phi) is 7.34. The maximum absolute atomic E-state index is 11.8. The third kappa shape index (κ3) is 4.21. The van der Waals surface area contributed by atoms with Gasteiger partial charge in [0.25, 0.3) is 6.04 Å². The molecule has 0 aliphatic rings. The van der Waals surface area contributed by atoms with Crippen molar-refractivity contribution < 1.29 is 45.8 Å². The second kappa shape index (κ2) is 9.54. The van der Waals surface area contributed by atoms with E-state index in [1.807, 2.05) is 36.5 Å². The van der Waals surface area contributed by atoms with Crippen LogP contribution in [-0.4, -0.2) is 39.5 Å². The largest absolute Gasteiger partial charge is 1.00 e. The van der Waals surface area contributed by atoms with Gasteiger partial charge in [-0.25, -0.2) is 4.79 Å². The second-order valence-electron chi connectivity index (χ2n) is 6.49. The lowest BCUT2D eigenvalue weighted by molar-refractivity contribution is -0.695. The van der Waals surface area contributed by atoms with E-state index in [0.717, 1.165) is 22.0 Å². The number of carboxylic acids is 1. The monoisotopic (exact) mass is 433 g/mol. The van der Waals surface area contributed by atoms with Crippen molar-refractivity contribution in [2.45, 2.75) is 13.0 Å². The zero-order chi connectivity index (χ0) is 21.1. The molecular formula is C22H24ClNO6. The van der Waals surface area contributed by atoms with Crippen LogP contribution in [0.1, 0.15) is 13.0 Å². The molecule has 160 valence electrons. The van der Waals surface area contributed by atoms with E-state index >= 15 is 0 Å². The van der Waals surface area contributed by atoms with Gasteiger partial charge in [0.1, 0.15) is 0 Å². The number of benzene rings is 2. The summed E-state index contributed by atoms with van der Waals surface area (Å²) in [7, 11) is 6.27. The first kappa shape index (κ1) is 23.1. The van der Waals surface area contributed by atoms with Crippen LogP contribution < -0.4 is 35.9 Å². The van der Waals surface area contributed by atoms with Crippen LogP contribution in [0.2, 0.25) is 0 Å². The van der Waals surface area contributed by atoms with Gasteiger partial charge < -0.3 is 36.5 Å². The lowest BCUT2D eigenvalue weighted by Crippen LogP contribution is -3.00. The van der Waals surface area contributed by atoms with E-state index in [-0.39, 0.29) is 12.4 Å². The number of hydrogen-bond donors (Lipinski definition) is 1. The summed E-state index contributed by atoms with van der Waals surface area (Å²) in [5.74, 6) is 1.40. The van der Waals surface area contributed by atoms with Gasteiger partial charge in [0.15, 0.2) is 29.2 Å². The van der Waals surface area contributed by atoms with Crippen molar-refractivity contribution in [3.8, 4) is 34.3 Å². The minimum absolute atomic E-state index is 0. The summed E-state index contributed by atoms with van der Waals surface area (Å²) in [5, 5.41) is 11.4. The molecule has 0 fully saturated rings. The summed E-state index contributed by atoms with van der Waals surface area (Å²) in [4.78, 5) is 11.8. The molecule has 0 saturated carbocycles. The summed E-state index contributed by atoms with van der Waals surface area (Å²) in [6, 6.07) is 10.3. The van der Waals surface area contributed by atoms with E-state index in [9.17, 15) is 9.90 Å². The number of carboxylic acid groups (broad SMARTS) is 1. The number of carbonyl (C=O) groups is 1. The molecule has 1 heterocycles. The van der Waals surface area contributed by atoms with Crippen LogP contribution in [0.25, 0.3) is 22.0 Å². The maximum atomic E-state index is 11.8. The molecule has 30 heavy (non-hydrogen) atoms. The summed E-state index contributed by atoms with van der Waals surface area (Å²) in [5.41, 5.74) is 1.52. The summed E-state index contributed by atoms with van der Waals surface area (Å²) < 4.78 is 23.2. The van der Waals surface area contributed by atoms with Crippen molar-refractivity contribution in [1.82, 2.24) is 0 Å². The van der Waals surface area contributed by atoms with Crippen molar-refractivity contribution in [2.24, 2.45) is 0 Å². The number of rotatable bonds is 7. The van der Waals surface area contributed by atoms with Crippen molar-refractivity contribution in [3.05, 3.63) is 42.6 Å². The molecule has 3 rings (SSSR count). The molecule has 0 spiro atoms. The van der Waals surface area contributed by atoms with Crippen LogP contribution >= 0.6 is 0 Å². The molecule has 0 aliphatic carbocycles. The average Bonchev–Trinajstić information content (AvgIpc) is 2.75. The van der Waals surface area contributed by atoms with Gasteiger partial charge in [-0.05, 0) is 35.7 Å². The lowest BCUT2D eigenvalue weighted by atomic mass is 10.0. The standard InChI is InChI=1S/C22H23NO6.ClH/c1-13(22(24)25)23-12-16-11-21(29-5)20(28-4)10-15(16)8-17(23)14-6-7-18(26-2)19(9-14)27-3;/h6-13H,1-5H3;1H. The molecule has 1 unspecified atom stereocenters. The number of aromatic nitrogens is 1. The zero-order valence-corrected chi connectivity index (χ0v) is 18.2.